The Bertz CT molecular complexity index is 1040. The van der Waals surface area contributed by atoms with E-state index in [9.17, 15) is 13.9 Å². The van der Waals surface area contributed by atoms with Gasteiger partial charge in [0.15, 0.2) is 5.65 Å². The van der Waals surface area contributed by atoms with Crippen LogP contribution in [0.1, 0.15) is 65.5 Å². The van der Waals surface area contributed by atoms with Crippen LogP contribution in [0.25, 0.3) is 11.2 Å². The summed E-state index contributed by atoms with van der Waals surface area (Å²) in [6, 6.07) is 4.59. The summed E-state index contributed by atoms with van der Waals surface area (Å²) in [5, 5.41) is 0. The highest BCUT2D eigenvalue weighted by Crippen LogP contribution is 2.48. The van der Waals surface area contributed by atoms with Crippen molar-refractivity contribution in [3.8, 4) is 0 Å². The summed E-state index contributed by atoms with van der Waals surface area (Å²) in [6.45, 7) is 13.3. The lowest BCUT2D eigenvalue weighted by molar-refractivity contribution is 0.0446. The first kappa shape index (κ1) is 23.8. The van der Waals surface area contributed by atoms with Gasteiger partial charge in [-0.25, -0.2) is 9.78 Å². The van der Waals surface area contributed by atoms with Crippen LogP contribution in [0, 0.1) is 10.8 Å². The highest BCUT2D eigenvalue weighted by Gasteiger charge is 2.42. The SMILES string of the molecule is Cn1c(=O)n(CC(C)(C)C)c2ccc(C3CCC(C)(C)C(N4CCS(O)(O)CC4)C3)nc21. The third-order valence-electron chi connectivity index (χ3n) is 7.45. The van der Waals surface area contributed by atoms with E-state index < -0.39 is 10.6 Å². The molecule has 1 saturated heterocycles. The molecule has 180 valence electrons. The van der Waals surface area contributed by atoms with E-state index in [0.29, 0.717) is 30.0 Å². The Morgan fingerprint density at radius 1 is 1.19 bits per heavy atom. The number of pyridine rings is 1. The smallest absolute Gasteiger partial charge is 0.299 e. The molecule has 2 aliphatic rings. The first-order chi connectivity index (χ1) is 14.8. The lowest BCUT2D eigenvalue weighted by Gasteiger charge is -2.51. The summed E-state index contributed by atoms with van der Waals surface area (Å²) < 4.78 is 23.6. The zero-order valence-electron chi connectivity index (χ0n) is 20.5. The number of fused-ring (bicyclic) bond motifs is 1. The fourth-order valence-electron chi connectivity index (χ4n) is 5.53. The third kappa shape index (κ3) is 4.65. The second-order valence-electron chi connectivity index (χ2n) is 11.8. The number of aromatic nitrogens is 3. The maximum atomic E-state index is 12.9. The van der Waals surface area contributed by atoms with Gasteiger partial charge >= 0.3 is 5.69 Å². The Kier molecular flexibility index (Phi) is 6.06. The van der Waals surface area contributed by atoms with Crippen molar-refractivity contribution in [2.45, 2.75) is 72.4 Å². The zero-order chi connectivity index (χ0) is 23.5. The van der Waals surface area contributed by atoms with Crippen molar-refractivity contribution in [3.05, 3.63) is 28.3 Å². The van der Waals surface area contributed by atoms with Gasteiger partial charge in [-0.3, -0.25) is 23.1 Å². The summed E-state index contributed by atoms with van der Waals surface area (Å²) in [6.07, 6.45) is 3.21. The van der Waals surface area contributed by atoms with Gasteiger partial charge in [0.1, 0.15) is 0 Å². The molecule has 2 fully saturated rings. The molecule has 0 spiro atoms. The molecule has 1 aliphatic carbocycles. The summed E-state index contributed by atoms with van der Waals surface area (Å²) >= 11 is 0. The Morgan fingerprint density at radius 2 is 1.84 bits per heavy atom. The molecule has 0 amide bonds. The predicted molar refractivity (Wildman–Crippen MR) is 133 cm³/mol. The monoisotopic (exact) mass is 464 g/mol. The van der Waals surface area contributed by atoms with E-state index in [-0.39, 0.29) is 16.5 Å². The number of hydrogen-bond donors (Lipinski definition) is 2. The predicted octanol–water partition coefficient (Wildman–Crippen LogP) is 4.51. The van der Waals surface area contributed by atoms with Crippen molar-refractivity contribution < 1.29 is 9.11 Å². The summed E-state index contributed by atoms with van der Waals surface area (Å²) in [4.78, 5) is 20.4. The van der Waals surface area contributed by atoms with Gasteiger partial charge in [0.25, 0.3) is 0 Å². The van der Waals surface area contributed by atoms with Crippen LogP contribution in [0.3, 0.4) is 0 Å². The molecule has 0 aromatic carbocycles. The normalized spacial score (nSPS) is 27.5. The van der Waals surface area contributed by atoms with Gasteiger partial charge in [-0.2, -0.15) is 10.6 Å². The fourth-order valence-corrected chi connectivity index (χ4v) is 6.78. The van der Waals surface area contributed by atoms with Crippen molar-refractivity contribution in [2.75, 3.05) is 24.6 Å². The number of rotatable bonds is 3. The molecule has 1 saturated carbocycles. The maximum Gasteiger partial charge on any atom is 0.330 e. The molecule has 4 rings (SSSR count). The first-order valence-electron chi connectivity index (χ1n) is 11.8. The second kappa shape index (κ2) is 8.15. The van der Waals surface area contributed by atoms with Crippen molar-refractivity contribution >= 4 is 21.8 Å². The molecular weight excluding hydrogens is 424 g/mol. The molecule has 2 aromatic rings. The highest BCUT2D eigenvalue weighted by atomic mass is 32.3. The molecule has 0 bridgehead atoms. The molecule has 3 heterocycles. The van der Waals surface area contributed by atoms with Crippen LogP contribution in [-0.2, 0) is 13.6 Å². The Labute approximate surface area is 193 Å². The Hall–Kier alpha value is -1.35. The Morgan fingerprint density at radius 3 is 2.47 bits per heavy atom. The quantitative estimate of drug-likeness (QED) is 0.698. The van der Waals surface area contributed by atoms with Gasteiger partial charge in [-0.15, -0.1) is 0 Å². The van der Waals surface area contributed by atoms with Gasteiger partial charge in [0.2, 0.25) is 0 Å². The van der Waals surface area contributed by atoms with E-state index in [2.05, 4.69) is 51.7 Å². The first-order valence-corrected chi connectivity index (χ1v) is 13.7. The van der Waals surface area contributed by atoms with Crippen LogP contribution in [0.15, 0.2) is 16.9 Å². The topological polar surface area (TPSA) is 83.5 Å². The average molecular weight is 465 g/mol. The van der Waals surface area contributed by atoms with Crippen molar-refractivity contribution in [1.82, 2.24) is 19.0 Å². The lowest BCUT2D eigenvalue weighted by Crippen LogP contribution is -2.53. The van der Waals surface area contributed by atoms with E-state index in [1.807, 2.05) is 11.6 Å². The molecule has 2 N–H and O–H groups in total. The van der Waals surface area contributed by atoms with E-state index in [1.54, 1.807) is 4.57 Å². The van der Waals surface area contributed by atoms with E-state index in [4.69, 9.17) is 4.98 Å². The Balaban J connectivity index is 1.61. The van der Waals surface area contributed by atoms with Crippen molar-refractivity contribution in [1.29, 1.82) is 0 Å². The molecular formula is C24H40N4O3S. The van der Waals surface area contributed by atoms with Gasteiger partial charge < -0.3 is 0 Å². The van der Waals surface area contributed by atoms with E-state index in [1.165, 1.54) is 0 Å². The number of hydrogen-bond acceptors (Lipinski definition) is 5. The van der Waals surface area contributed by atoms with Crippen LogP contribution < -0.4 is 5.69 Å². The van der Waals surface area contributed by atoms with Crippen molar-refractivity contribution in [2.24, 2.45) is 17.9 Å². The van der Waals surface area contributed by atoms with Crippen LogP contribution in [0.2, 0.25) is 0 Å². The van der Waals surface area contributed by atoms with Crippen molar-refractivity contribution in [3.63, 3.8) is 0 Å². The molecule has 32 heavy (non-hydrogen) atoms. The minimum atomic E-state index is -2.39. The third-order valence-corrected chi connectivity index (χ3v) is 9.12. The minimum absolute atomic E-state index is 0.00506. The molecule has 2 unspecified atom stereocenters. The summed E-state index contributed by atoms with van der Waals surface area (Å²) in [5.74, 6) is 1.32. The lowest BCUT2D eigenvalue weighted by atomic mass is 9.68. The number of imidazole rings is 1. The zero-order valence-corrected chi connectivity index (χ0v) is 21.3. The van der Waals surface area contributed by atoms with Crippen LogP contribution in [-0.4, -0.2) is 58.8 Å². The standard InChI is InChI=1S/C24H40N4O3S/c1-23(2,3)16-28-19-8-7-18(25-21(19)26(6)22(28)29)17-9-10-24(4,5)20(15-17)27-11-13-32(30,31)14-12-27/h7-8,17,20,30-31H,9-16H2,1-6H3. The van der Waals surface area contributed by atoms with Gasteiger partial charge in [0.05, 0.1) is 17.0 Å². The summed E-state index contributed by atoms with van der Waals surface area (Å²) in [7, 11) is -0.571. The second-order valence-corrected chi connectivity index (χ2v) is 14.2. The highest BCUT2D eigenvalue weighted by molar-refractivity contribution is 8.24. The van der Waals surface area contributed by atoms with Gasteiger partial charge in [-0.1, -0.05) is 34.6 Å². The largest absolute Gasteiger partial charge is 0.330 e. The van der Waals surface area contributed by atoms with Gasteiger partial charge in [0, 0.05) is 44.3 Å². The van der Waals surface area contributed by atoms with Crippen LogP contribution >= 0.6 is 10.6 Å². The molecule has 8 heteroatoms. The molecule has 7 nitrogen and oxygen atoms in total. The molecule has 2 aromatic heterocycles. The molecule has 2 atom stereocenters. The fraction of sp³-hybridized carbons (Fsp3) is 0.750. The molecule has 0 radical (unpaired) electrons. The van der Waals surface area contributed by atoms with Gasteiger partial charge in [-0.05, 0) is 42.2 Å². The minimum Gasteiger partial charge on any atom is -0.299 e. The summed E-state index contributed by atoms with van der Waals surface area (Å²) in [5.41, 5.74) is 2.94. The van der Waals surface area contributed by atoms with Crippen LogP contribution in [0.5, 0.6) is 0 Å². The van der Waals surface area contributed by atoms with E-state index in [0.717, 1.165) is 49.2 Å². The number of nitrogens with zero attached hydrogens (tertiary/aromatic N) is 4. The average Bonchev–Trinajstić information content (AvgIpc) is 2.91. The molecule has 1 aliphatic heterocycles. The van der Waals surface area contributed by atoms with E-state index >= 15 is 0 Å². The maximum absolute atomic E-state index is 12.9. The number of aryl methyl sites for hydroxylation is 1. The van der Waals surface area contributed by atoms with Crippen LogP contribution in [0.4, 0.5) is 0 Å².